The summed E-state index contributed by atoms with van der Waals surface area (Å²) in [6.45, 7) is 1.81. The fourth-order valence-electron chi connectivity index (χ4n) is 3.20. The van der Waals surface area contributed by atoms with Crippen molar-refractivity contribution in [3.05, 3.63) is 77.1 Å². The van der Waals surface area contributed by atoms with Gasteiger partial charge in [0.15, 0.2) is 5.69 Å². The molecule has 0 fully saturated rings. The average molecular weight is 318 g/mol. The molecule has 24 heavy (non-hydrogen) atoms. The van der Waals surface area contributed by atoms with Crippen molar-refractivity contribution in [2.75, 3.05) is 0 Å². The number of carbonyl (C=O) groups is 1. The third-order valence-electron chi connectivity index (χ3n) is 4.42. The highest BCUT2D eigenvalue weighted by Crippen LogP contribution is 2.30. The Labute approximate surface area is 140 Å². The molecule has 1 N–H and O–H groups in total. The average Bonchev–Trinajstić information content (AvgIpc) is 3.20. The highest BCUT2D eigenvalue weighted by Gasteiger charge is 2.25. The predicted octanol–water partition coefficient (Wildman–Crippen LogP) is 2.99. The van der Waals surface area contributed by atoms with Crippen molar-refractivity contribution in [3.8, 4) is 5.69 Å². The van der Waals surface area contributed by atoms with Gasteiger partial charge in [-0.15, -0.1) is 5.10 Å². The van der Waals surface area contributed by atoms with Crippen molar-refractivity contribution in [2.24, 2.45) is 0 Å². The number of nitrogens with one attached hydrogen (secondary N) is 1. The molecular formula is C19H18N4O. The summed E-state index contributed by atoms with van der Waals surface area (Å²) in [6.07, 6.45) is 1.92. The van der Waals surface area contributed by atoms with Gasteiger partial charge in [0.1, 0.15) is 0 Å². The second-order valence-electron chi connectivity index (χ2n) is 6.02. The summed E-state index contributed by atoms with van der Waals surface area (Å²) in [6, 6.07) is 17.9. The van der Waals surface area contributed by atoms with Gasteiger partial charge in [0, 0.05) is 0 Å². The first-order chi connectivity index (χ1) is 11.7. The van der Waals surface area contributed by atoms with Crippen LogP contribution in [0.25, 0.3) is 5.69 Å². The van der Waals surface area contributed by atoms with Crippen LogP contribution in [0.2, 0.25) is 0 Å². The minimum atomic E-state index is -0.170. The quantitative estimate of drug-likeness (QED) is 0.807. The molecule has 0 unspecified atom stereocenters. The van der Waals surface area contributed by atoms with Crippen LogP contribution in [-0.4, -0.2) is 20.9 Å². The molecule has 1 aliphatic carbocycles. The minimum absolute atomic E-state index is 0.0509. The van der Waals surface area contributed by atoms with Gasteiger partial charge >= 0.3 is 0 Å². The largest absolute Gasteiger partial charge is 0.344 e. The molecule has 0 saturated heterocycles. The van der Waals surface area contributed by atoms with Gasteiger partial charge in [0.25, 0.3) is 5.91 Å². The number of rotatable bonds is 3. The Morgan fingerprint density at radius 1 is 1.08 bits per heavy atom. The van der Waals surface area contributed by atoms with E-state index in [0.717, 1.165) is 18.5 Å². The molecule has 0 bridgehead atoms. The van der Waals surface area contributed by atoms with E-state index in [4.69, 9.17) is 0 Å². The lowest BCUT2D eigenvalue weighted by Gasteiger charge is -2.13. The summed E-state index contributed by atoms with van der Waals surface area (Å²) in [5.41, 5.74) is 4.36. The van der Waals surface area contributed by atoms with Gasteiger partial charge in [-0.05, 0) is 43.0 Å². The van der Waals surface area contributed by atoms with Crippen molar-refractivity contribution in [3.63, 3.8) is 0 Å². The first kappa shape index (κ1) is 14.6. The second-order valence-corrected chi connectivity index (χ2v) is 6.02. The fraction of sp³-hybridized carbons (Fsp3) is 0.211. The van der Waals surface area contributed by atoms with Gasteiger partial charge in [-0.1, -0.05) is 42.5 Å². The maximum absolute atomic E-state index is 12.6. The second kappa shape index (κ2) is 5.92. The summed E-state index contributed by atoms with van der Waals surface area (Å²) in [7, 11) is 0. The fourth-order valence-corrected chi connectivity index (χ4v) is 3.20. The molecule has 0 spiro atoms. The third-order valence-corrected chi connectivity index (χ3v) is 4.42. The lowest BCUT2D eigenvalue weighted by Crippen LogP contribution is -2.28. The van der Waals surface area contributed by atoms with E-state index in [0.29, 0.717) is 11.4 Å². The number of hydrogen-bond acceptors (Lipinski definition) is 3. The van der Waals surface area contributed by atoms with Crippen LogP contribution in [0.15, 0.2) is 54.6 Å². The normalized spacial score (nSPS) is 16.0. The lowest BCUT2D eigenvalue weighted by atomic mass is 10.1. The van der Waals surface area contributed by atoms with Gasteiger partial charge in [-0.2, -0.15) is 9.90 Å². The summed E-state index contributed by atoms with van der Waals surface area (Å²) in [4.78, 5) is 14.2. The third kappa shape index (κ3) is 2.58. The Balaban J connectivity index is 1.57. The van der Waals surface area contributed by atoms with Crippen LogP contribution in [-0.2, 0) is 6.42 Å². The zero-order chi connectivity index (χ0) is 16.5. The van der Waals surface area contributed by atoms with E-state index in [1.807, 2.05) is 49.4 Å². The Hall–Kier alpha value is -2.95. The van der Waals surface area contributed by atoms with Gasteiger partial charge in [0.2, 0.25) is 0 Å². The van der Waals surface area contributed by atoms with Gasteiger partial charge in [-0.25, -0.2) is 0 Å². The zero-order valence-electron chi connectivity index (χ0n) is 13.4. The number of para-hydroxylation sites is 1. The molecule has 1 atom stereocenters. The van der Waals surface area contributed by atoms with Crippen LogP contribution in [0.3, 0.4) is 0 Å². The molecule has 4 rings (SSSR count). The smallest absolute Gasteiger partial charge is 0.274 e. The number of fused-ring (bicyclic) bond motifs is 1. The molecule has 3 aromatic rings. The number of amides is 1. The van der Waals surface area contributed by atoms with Gasteiger partial charge in [0.05, 0.1) is 17.4 Å². The van der Waals surface area contributed by atoms with Crippen LogP contribution in [0.5, 0.6) is 0 Å². The van der Waals surface area contributed by atoms with Crippen LogP contribution < -0.4 is 5.32 Å². The first-order valence-corrected chi connectivity index (χ1v) is 8.10. The number of aryl methyl sites for hydroxylation is 2. The van der Waals surface area contributed by atoms with E-state index in [1.165, 1.54) is 15.9 Å². The zero-order valence-corrected chi connectivity index (χ0v) is 13.4. The highest BCUT2D eigenvalue weighted by atomic mass is 16.2. The van der Waals surface area contributed by atoms with E-state index < -0.39 is 0 Å². The number of benzene rings is 2. The molecule has 5 heteroatoms. The highest BCUT2D eigenvalue weighted by molar-refractivity contribution is 5.93. The number of aromatic nitrogens is 3. The van der Waals surface area contributed by atoms with E-state index in [-0.39, 0.29) is 11.9 Å². The summed E-state index contributed by atoms with van der Waals surface area (Å²) in [5.74, 6) is -0.170. The van der Waals surface area contributed by atoms with Crippen molar-refractivity contribution >= 4 is 5.91 Å². The maximum Gasteiger partial charge on any atom is 0.274 e. The van der Waals surface area contributed by atoms with Crippen molar-refractivity contribution < 1.29 is 4.79 Å². The van der Waals surface area contributed by atoms with Crippen LogP contribution in [0.4, 0.5) is 0 Å². The molecule has 0 radical (unpaired) electrons. The summed E-state index contributed by atoms with van der Waals surface area (Å²) < 4.78 is 0. The first-order valence-electron chi connectivity index (χ1n) is 8.10. The molecule has 0 saturated carbocycles. The van der Waals surface area contributed by atoms with Gasteiger partial charge in [-0.3, -0.25) is 4.79 Å². The van der Waals surface area contributed by atoms with E-state index in [2.05, 4.69) is 27.6 Å². The van der Waals surface area contributed by atoms with Crippen molar-refractivity contribution in [1.29, 1.82) is 0 Å². The molecular weight excluding hydrogens is 300 g/mol. The number of hydrogen-bond donors (Lipinski definition) is 1. The van der Waals surface area contributed by atoms with Crippen LogP contribution >= 0.6 is 0 Å². The maximum atomic E-state index is 12.6. The Kier molecular flexibility index (Phi) is 3.61. The predicted molar refractivity (Wildman–Crippen MR) is 91.1 cm³/mol. The molecule has 2 aromatic carbocycles. The minimum Gasteiger partial charge on any atom is -0.344 e. The topological polar surface area (TPSA) is 59.8 Å². The molecule has 1 amide bonds. The standard InChI is InChI=1S/C19H18N4O/c1-13-18(22-23(21-13)15-8-3-2-4-9-15)19(24)20-17-12-11-14-7-5-6-10-16(14)17/h2-10,17H,11-12H2,1H3,(H,20,24)/t17-/m1/s1. The molecule has 1 heterocycles. The van der Waals surface area contributed by atoms with Gasteiger partial charge < -0.3 is 5.32 Å². The van der Waals surface area contributed by atoms with E-state index >= 15 is 0 Å². The summed E-state index contributed by atoms with van der Waals surface area (Å²) >= 11 is 0. The molecule has 1 aliphatic rings. The van der Waals surface area contributed by atoms with Crippen LogP contribution in [0.1, 0.15) is 39.8 Å². The molecule has 5 nitrogen and oxygen atoms in total. The lowest BCUT2D eigenvalue weighted by molar-refractivity contribution is 0.0930. The molecule has 120 valence electrons. The number of carbonyl (C=O) groups excluding carboxylic acids is 1. The van der Waals surface area contributed by atoms with Crippen LogP contribution in [0, 0.1) is 6.92 Å². The Bertz CT molecular complexity index is 885. The molecule has 0 aliphatic heterocycles. The number of nitrogens with zero attached hydrogens (tertiary/aromatic N) is 3. The van der Waals surface area contributed by atoms with E-state index in [1.54, 1.807) is 0 Å². The molecule has 1 aromatic heterocycles. The van der Waals surface area contributed by atoms with E-state index in [9.17, 15) is 4.79 Å². The SMILES string of the molecule is Cc1nn(-c2ccccc2)nc1C(=O)N[C@@H]1CCc2ccccc21. The summed E-state index contributed by atoms with van der Waals surface area (Å²) in [5, 5.41) is 11.8. The van der Waals surface area contributed by atoms with Crippen molar-refractivity contribution in [1.82, 2.24) is 20.3 Å². The monoisotopic (exact) mass is 318 g/mol. The van der Waals surface area contributed by atoms with Crippen molar-refractivity contribution in [2.45, 2.75) is 25.8 Å². The Morgan fingerprint density at radius 2 is 1.83 bits per heavy atom. The Morgan fingerprint density at radius 3 is 2.67 bits per heavy atom.